The maximum absolute atomic E-state index is 12.7. The van der Waals surface area contributed by atoms with Crippen LogP contribution in [0, 0.1) is 20.8 Å². The number of carbonyl (C=O) groups excluding carboxylic acids is 1. The summed E-state index contributed by atoms with van der Waals surface area (Å²) in [4.78, 5) is 12.7. The van der Waals surface area contributed by atoms with Gasteiger partial charge in [0.15, 0.2) is 0 Å². The van der Waals surface area contributed by atoms with Crippen molar-refractivity contribution in [3.8, 4) is 0 Å². The van der Waals surface area contributed by atoms with Crippen LogP contribution in [-0.4, -0.2) is 10.5 Å². The summed E-state index contributed by atoms with van der Waals surface area (Å²) in [6.07, 6.45) is 1.98. The molecule has 1 N–H and O–H groups in total. The first-order chi connectivity index (χ1) is 11.0. The van der Waals surface area contributed by atoms with Gasteiger partial charge >= 0.3 is 0 Å². The fourth-order valence-corrected chi connectivity index (χ4v) is 2.86. The number of anilines is 1. The predicted octanol–water partition coefficient (Wildman–Crippen LogP) is 4.77. The highest BCUT2D eigenvalue weighted by Gasteiger charge is 2.17. The Hall–Kier alpha value is -2.55. The zero-order chi connectivity index (χ0) is 16.6. The lowest BCUT2D eigenvalue weighted by Crippen LogP contribution is -2.23. The highest BCUT2D eigenvalue weighted by atomic mass is 16.2. The molecule has 3 heteroatoms. The van der Waals surface area contributed by atoms with Crippen molar-refractivity contribution in [1.82, 2.24) is 4.57 Å². The molecule has 3 nitrogen and oxygen atoms in total. The minimum atomic E-state index is -0.268. The molecule has 0 aliphatic carbocycles. The van der Waals surface area contributed by atoms with E-state index >= 15 is 0 Å². The first-order valence-corrected chi connectivity index (χ1v) is 7.91. The van der Waals surface area contributed by atoms with Crippen molar-refractivity contribution >= 4 is 22.5 Å². The van der Waals surface area contributed by atoms with E-state index in [1.54, 1.807) is 0 Å². The van der Waals surface area contributed by atoms with E-state index in [1.165, 1.54) is 5.56 Å². The fraction of sp³-hybridized carbons (Fsp3) is 0.250. The summed E-state index contributed by atoms with van der Waals surface area (Å²) in [6, 6.07) is 14.2. The molecule has 0 aliphatic rings. The molecule has 1 aromatic heterocycles. The van der Waals surface area contributed by atoms with Crippen molar-refractivity contribution in [1.29, 1.82) is 0 Å². The molecular weight excluding hydrogens is 284 g/mol. The summed E-state index contributed by atoms with van der Waals surface area (Å²) < 4.78 is 2.02. The third-order valence-electron chi connectivity index (χ3n) is 4.32. The second-order valence-corrected chi connectivity index (χ2v) is 6.27. The van der Waals surface area contributed by atoms with Crippen molar-refractivity contribution < 1.29 is 4.79 Å². The molecule has 2 aromatic carbocycles. The third-order valence-corrected chi connectivity index (χ3v) is 4.32. The smallest absolute Gasteiger partial charge is 0.247 e. The molecule has 0 fully saturated rings. The van der Waals surface area contributed by atoms with Gasteiger partial charge in [0.25, 0.3) is 0 Å². The summed E-state index contributed by atoms with van der Waals surface area (Å²) in [5.74, 6) is -0.00299. The quantitative estimate of drug-likeness (QED) is 0.743. The molecule has 118 valence electrons. The van der Waals surface area contributed by atoms with Crippen molar-refractivity contribution in [3.63, 3.8) is 0 Å². The molecule has 1 heterocycles. The average molecular weight is 306 g/mol. The lowest BCUT2D eigenvalue weighted by molar-refractivity contribution is -0.118. The van der Waals surface area contributed by atoms with Gasteiger partial charge in [0.05, 0.1) is 0 Å². The van der Waals surface area contributed by atoms with E-state index in [0.717, 1.165) is 27.7 Å². The number of amides is 1. The van der Waals surface area contributed by atoms with E-state index in [0.29, 0.717) is 0 Å². The van der Waals surface area contributed by atoms with Crippen LogP contribution in [0.1, 0.15) is 29.7 Å². The topological polar surface area (TPSA) is 34.0 Å². The zero-order valence-corrected chi connectivity index (χ0v) is 14.1. The standard InChI is InChI=1S/C20H22N2O/c1-13-6-8-19-17(11-13)9-10-22(19)16(4)20(23)21-18-12-14(2)5-7-15(18)3/h5-12,16H,1-4H3,(H,21,23). The average Bonchev–Trinajstić information content (AvgIpc) is 2.93. The van der Waals surface area contributed by atoms with Gasteiger partial charge in [0.2, 0.25) is 5.91 Å². The number of aryl methyl sites for hydroxylation is 3. The summed E-state index contributed by atoms with van der Waals surface area (Å²) in [6.45, 7) is 8.04. The van der Waals surface area contributed by atoms with Gasteiger partial charge in [-0.1, -0.05) is 23.8 Å². The van der Waals surface area contributed by atoms with Gasteiger partial charge < -0.3 is 9.88 Å². The van der Waals surface area contributed by atoms with Crippen LogP contribution in [0.25, 0.3) is 10.9 Å². The number of hydrogen-bond acceptors (Lipinski definition) is 1. The number of fused-ring (bicyclic) bond motifs is 1. The minimum absolute atomic E-state index is 0.00299. The van der Waals surface area contributed by atoms with E-state index in [1.807, 2.05) is 43.7 Å². The van der Waals surface area contributed by atoms with Crippen LogP contribution in [0.5, 0.6) is 0 Å². The molecule has 0 radical (unpaired) electrons. The second-order valence-electron chi connectivity index (χ2n) is 6.27. The molecule has 0 aliphatic heterocycles. The lowest BCUT2D eigenvalue weighted by Gasteiger charge is -2.17. The van der Waals surface area contributed by atoms with E-state index in [-0.39, 0.29) is 11.9 Å². The van der Waals surface area contributed by atoms with Gasteiger partial charge in [-0.3, -0.25) is 4.79 Å². The molecule has 0 spiro atoms. The van der Waals surface area contributed by atoms with Crippen molar-refractivity contribution in [2.45, 2.75) is 33.7 Å². The van der Waals surface area contributed by atoms with Crippen LogP contribution in [-0.2, 0) is 4.79 Å². The molecule has 3 rings (SSSR count). The van der Waals surface area contributed by atoms with Gasteiger partial charge in [-0.25, -0.2) is 0 Å². The van der Waals surface area contributed by atoms with Gasteiger partial charge in [0.1, 0.15) is 6.04 Å². The Balaban J connectivity index is 1.88. The highest BCUT2D eigenvalue weighted by Crippen LogP contribution is 2.23. The largest absolute Gasteiger partial charge is 0.335 e. The summed E-state index contributed by atoms with van der Waals surface area (Å²) in [5, 5.41) is 4.22. The number of nitrogens with one attached hydrogen (secondary N) is 1. The summed E-state index contributed by atoms with van der Waals surface area (Å²) in [5.41, 5.74) is 5.40. The minimum Gasteiger partial charge on any atom is -0.335 e. The molecule has 0 bridgehead atoms. The van der Waals surface area contributed by atoms with Crippen LogP contribution >= 0.6 is 0 Å². The molecular formula is C20H22N2O. The van der Waals surface area contributed by atoms with Crippen LogP contribution < -0.4 is 5.32 Å². The maximum atomic E-state index is 12.7. The van der Waals surface area contributed by atoms with Gasteiger partial charge in [0, 0.05) is 17.4 Å². The fourth-order valence-electron chi connectivity index (χ4n) is 2.86. The van der Waals surface area contributed by atoms with Crippen LogP contribution in [0.4, 0.5) is 5.69 Å². The Morgan fingerprint density at radius 1 is 1.00 bits per heavy atom. The Morgan fingerprint density at radius 3 is 2.48 bits per heavy atom. The summed E-state index contributed by atoms with van der Waals surface area (Å²) in [7, 11) is 0. The van der Waals surface area contributed by atoms with E-state index in [9.17, 15) is 4.79 Å². The van der Waals surface area contributed by atoms with Gasteiger partial charge in [-0.2, -0.15) is 0 Å². The molecule has 0 saturated heterocycles. The van der Waals surface area contributed by atoms with Crippen molar-refractivity contribution in [2.75, 3.05) is 5.32 Å². The molecule has 1 atom stereocenters. The Bertz CT molecular complexity index is 876. The van der Waals surface area contributed by atoms with Crippen LogP contribution in [0.2, 0.25) is 0 Å². The monoisotopic (exact) mass is 306 g/mol. The first kappa shape index (κ1) is 15.3. The Morgan fingerprint density at radius 2 is 1.70 bits per heavy atom. The van der Waals surface area contributed by atoms with Gasteiger partial charge in [-0.05, 0) is 68.5 Å². The Labute approximate surface area is 136 Å². The van der Waals surface area contributed by atoms with Crippen molar-refractivity contribution in [2.24, 2.45) is 0 Å². The van der Waals surface area contributed by atoms with Crippen molar-refractivity contribution in [3.05, 3.63) is 65.4 Å². The lowest BCUT2D eigenvalue weighted by atomic mass is 10.1. The van der Waals surface area contributed by atoms with E-state index < -0.39 is 0 Å². The number of hydrogen-bond donors (Lipinski definition) is 1. The first-order valence-electron chi connectivity index (χ1n) is 7.91. The predicted molar refractivity (Wildman–Crippen MR) is 95.9 cm³/mol. The molecule has 0 saturated carbocycles. The number of carbonyl (C=O) groups is 1. The molecule has 1 amide bonds. The maximum Gasteiger partial charge on any atom is 0.247 e. The number of rotatable bonds is 3. The highest BCUT2D eigenvalue weighted by molar-refractivity contribution is 5.95. The zero-order valence-electron chi connectivity index (χ0n) is 14.1. The SMILES string of the molecule is Cc1ccc(C)c(NC(=O)C(C)n2ccc3cc(C)ccc32)c1. The van der Waals surface area contributed by atoms with E-state index in [2.05, 4.69) is 42.6 Å². The molecule has 3 aromatic rings. The molecule has 1 unspecified atom stereocenters. The summed E-state index contributed by atoms with van der Waals surface area (Å²) >= 11 is 0. The Kier molecular flexibility index (Phi) is 3.95. The van der Waals surface area contributed by atoms with Crippen LogP contribution in [0.15, 0.2) is 48.7 Å². The number of benzene rings is 2. The van der Waals surface area contributed by atoms with Gasteiger partial charge in [-0.15, -0.1) is 0 Å². The van der Waals surface area contributed by atoms with E-state index in [4.69, 9.17) is 0 Å². The molecule has 23 heavy (non-hydrogen) atoms. The third kappa shape index (κ3) is 3.00. The number of aromatic nitrogens is 1. The van der Waals surface area contributed by atoms with Crippen LogP contribution in [0.3, 0.4) is 0 Å². The second kappa shape index (κ2) is 5.92. The normalized spacial score (nSPS) is 12.3. The number of nitrogens with zero attached hydrogens (tertiary/aromatic N) is 1.